The van der Waals surface area contributed by atoms with Crippen molar-refractivity contribution in [3.05, 3.63) is 51.2 Å². The molecule has 1 atom stereocenters. The number of thiophene rings is 1. The molecule has 2 N–H and O–H groups in total. The number of rotatable bonds is 4. The van der Waals surface area contributed by atoms with Gasteiger partial charge in [-0.2, -0.15) is 0 Å². The lowest BCUT2D eigenvalue weighted by Crippen LogP contribution is -2.07. The summed E-state index contributed by atoms with van der Waals surface area (Å²) >= 11 is 7.63. The van der Waals surface area contributed by atoms with Crippen molar-refractivity contribution in [2.24, 2.45) is 5.73 Å². The molecule has 0 saturated heterocycles. The van der Waals surface area contributed by atoms with E-state index in [0.717, 1.165) is 11.3 Å². The summed E-state index contributed by atoms with van der Waals surface area (Å²) in [5.41, 5.74) is 6.84. The molecule has 90 valence electrons. The minimum absolute atomic E-state index is 0.0907. The maximum absolute atomic E-state index is 5.95. The van der Waals surface area contributed by atoms with E-state index in [1.807, 2.05) is 42.6 Å². The van der Waals surface area contributed by atoms with Crippen molar-refractivity contribution < 1.29 is 4.74 Å². The molecule has 0 aliphatic heterocycles. The number of hydrogen-bond donors (Lipinski definition) is 1. The van der Waals surface area contributed by atoms with Crippen LogP contribution in [0.15, 0.2) is 35.7 Å². The van der Waals surface area contributed by atoms with Gasteiger partial charge >= 0.3 is 0 Å². The van der Waals surface area contributed by atoms with Crippen LogP contribution in [-0.2, 0) is 6.61 Å². The van der Waals surface area contributed by atoms with Crippen LogP contribution in [0.2, 0.25) is 5.02 Å². The van der Waals surface area contributed by atoms with Crippen molar-refractivity contribution in [2.45, 2.75) is 19.6 Å². The third kappa shape index (κ3) is 3.22. The number of hydrogen-bond acceptors (Lipinski definition) is 3. The molecule has 2 aromatic rings. The summed E-state index contributed by atoms with van der Waals surface area (Å²) in [5, 5.41) is 2.72. The second-order valence-electron chi connectivity index (χ2n) is 3.84. The molecule has 2 nitrogen and oxygen atoms in total. The van der Waals surface area contributed by atoms with Crippen LogP contribution in [0.5, 0.6) is 5.75 Å². The fourth-order valence-corrected chi connectivity index (χ4v) is 2.35. The van der Waals surface area contributed by atoms with Gasteiger partial charge in [0, 0.05) is 21.5 Å². The van der Waals surface area contributed by atoms with E-state index in [1.165, 1.54) is 4.88 Å². The maximum atomic E-state index is 5.95. The fourth-order valence-electron chi connectivity index (χ4n) is 1.55. The van der Waals surface area contributed by atoms with Crippen LogP contribution in [0.1, 0.15) is 23.4 Å². The van der Waals surface area contributed by atoms with Crippen LogP contribution in [0, 0.1) is 0 Å². The van der Waals surface area contributed by atoms with Crippen LogP contribution in [0.25, 0.3) is 0 Å². The molecule has 17 heavy (non-hydrogen) atoms. The molecule has 0 bridgehead atoms. The first-order valence-electron chi connectivity index (χ1n) is 5.37. The standard InChI is InChI=1S/C13H14ClNOS/c1-9(15)12-7-10(14)4-5-13(12)16-8-11-3-2-6-17-11/h2-7,9H,8,15H2,1H3. The SMILES string of the molecule is CC(N)c1cc(Cl)ccc1OCc1cccs1. The Bertz CT molecular complexity index is 482. The maximum Gasteiger partial charge on any atom is 0.124 e. The smallest absolute Gasteiger partial charge is 0.124 e. The Hall–Kier alpha value is -1.03. The zero-order valence-corrected chi connectivity index (χ0v) is 11.1. The summed E-state index contributed by atoms with van der Waals surface area (Å²) in [5.74, 6) is 0.804. The molecular formula is C13H14ClNOS. The van der Waals surface area contributed by atoms with Crippen molar-refractivity contribution in [2.75, 3.05) is 0 Å². The van der Waals surface area contributed by atoms with Gasteiger partial charge in [0.05, 0.1) is 0 Å². The predicted molar refractivity (Wildman–Crippen MR) is 72.7 cm³/mol. The van der Waals surface area contributed by atoms with Crippen molar-refractivity contribution in [3.63, 3.8) is 0 Å². The quantitative estimate of drug-likeness (QED) is 0.909. The first-order valence-corrected chi connectivity index (χ1v) is 6.63. The highest BCUT2D eigenvalue weighted by Crippen LogP contribution is 2.28. The Kier molecular flexibility index (Phi) is 4.05. The zero-order chi connectivity index (χ0) is 12.3. The molecular weight excluding hydrogens is 254 g/mol. The molecule has 0 radical (unpaired) electrons. The molecule has 0 amide bonds. The van der Waals surface area contributed by atoms with E-state index >= 15 is 0 Å². The molecule has 1 aromatic carbocycles. The monoisotopic (exact) mass is 267 g/mol. The number of halogens is 1. The summed E-state index contributed by atoms with van der Waals surface area (Å²) < 4.78 is 5.77. The first-order chi connectivity index (χ1) is 8.16. The van der Waals surface area contributed by atoms with Gasteiger partial charge in [0.25, 0.3) is 0 Å². The molecule has 1 unspecified atom stereocenters. The van der Waals surface area contributed by atoms with E-state index in [0.29, 0.717) is 11.6 Å². The Morgan fingerprint density at radius 2 is 2.24 bits per heavy atom. The third-order valence-corrected chi connectivity index (χ3v) is 3.50. The lowest BCUT2D eigenvalue weighted by Gasteiger charge is -2.13. The van der Waals surface area contributed by atoms with E-state index in [-0.39, 0.29) is 6.04 Å². The molecule has 0 spiro atoms. The summed E-state index contributed by atoms with van der Waals surface area (Å²) in [6.07, 6.45) is 0. The van der Waals surface area contributed by atoms with E-state index in [1.54, 1.807) is 11.3 Å². The molecule has 1 heterocycles. The number of benzene rings is 1. The normalized spacial score (nSPS) is 12.4. The van der Waals surface area contributed by atoms with E-state index in [9.17, 15) is 0 Å². The highest BCUT2D eigenvalue weighted by atomic mass is 35.5. The van der Waals surface area contributed by atoms with Gasteiger partial charge in [0.1, 0.15) is 12.4 Å². The molecule has 0 aliphatic carbocycles. The Balaban J connectivity index is 2.14. The first kappa shape index (κ1) is 12.4. The van der Waals surface area contributed by atoms with Crippen molar-refractivity contribution >= 4 is 22.9 Å². The molecule has 0 saturated carbocycles. The highest BCUT2D eigenvalue weighted by Gasteiger charge is 2.09. The predicted octanol–water partition coefficient (Wildman–Crippen LogP) is 4.00. The lowest BCUT2D eigenvalue weighted by molar-refractivity contribution is 0.305. The zero-order valence-electron chi connectivity index (χ0n) is 9.52. The van der Waals surface area contributed by atoms with Crippen LogP contribution < -0.4 is 10.5 Å². The van der Waals surface area contributed by atoms with E-state index < -0.39 is 0 Å². The van der Waals surface area contributed by atoms with Gasteiger partial charge in [-0.3, -0.25) is 0 Å². The Morgan fingerprint density at radius 3 is 2.88 bits per heavy atom. The number of ether oxygens (including phenoxy) is 1. The lowest BCUT2D eigenvalue weighted by atomic mass is 10.1. The highest BCUT2D eigenvalue weighted by molar-refractivity contribution is 7.09. The van der Waals surface area contributed by atoms with Crippen LogP contribution >= 0.6 is 22.9 Å². The summed E-state index contributed by atoms with van der Waals surface area (Å²) in [7, 11) is 0. The van der Waals surface area contributed by atoms with Gasteiger partial charge in [-0.15, -0.1) is 11.3 Å². The van der Waals surface area contributed by atoms with Crippen LogP contribution in [0.3, 0.4) is 0 Å². The fraction of sp³-hybridized carbons (Fsp3) is 0.231. The van der Waals surface area contributed by atoms with Crippen molar-refractivity contribution in [1.29, 1.82) is 0 Å². The average molecular weight is 268 g/mol. The van der Waals surface area contributed by atoms with Crippen molar-refractivity contribution in [3.8, 4) is 5.75 Å². The van der Waals surface area contributed by atoms with Gasteiger partial charge in [0.15, 0.2) is 0 Å². The van der Waals surface area contributed by atoms with Gasteiger partial charge in [-0.1, -0.05) is 17.7 Å². The Morgan fingerprint density at radius 1 is 1.41 bits per heavy atom. The largest absolute Gasteiger partial charge is 0.488 e. The van der Waals surface area contributed by atoms with Gasteiger partial charge < -0.3 is 10.5 Å². The molecule has 0 aliphatic rings. The second-order valence-corrected chi connectivity index (χ2v) is 5.31. The van der Waals surface area contributed by atoms with Crippen LogP contribution in [0.4, 0.5) is 0 Å². The van der Waals surface area contributed by atoms with Gasteiger partial charge in [-0.25, -0.2) is 0 Å². The molecule has 4 heteroatoms. The number of nitrogens with two attached hydrogens (primary N) is 1. The summed E-state index contributed by atoms with van der Waals surface area (Å²) in [4.78, 5) is 1.19. The van der Waals surface area contributed by atoms with Crippen LogP contribution in [-0.4, -0.2) is 0 Å². The van der Waals surface area contributed by atoms with E-state index in [2.05, 4.69) is 0 Å². The molecule has 0 fully saturated rings. The molecule has 1 aromatic heterocycles. The minimum atomic E-state index is -0.0907. The topological polar surface area (TPSA) is 35.2 Å². The summed E-state index contributed by atoms with van der Waals surface area (Å²) in [6.45, 7) is 2.49. The van der Waals surface area contributed by atoms with Gasteiger partial charge in [0.2, 0.25) is 0 Å². The third-order valence-electron chi connectivity index (χ3n) is 2.41. The Labute approximate surface area is 110 Å². The minimum Gasteiger partial charge on any atom is -0.488 e. The average Bonchev–Trinajstić information content (AvgIpc) is 2.80. The van der Waals surface area contributed by atoms with Crippen molar-refractivity contribution in [1.82, 2.24) is 0 Å². The summed E-state index contributed by atoms with van der Waals surface area (Å²) in [6, 6.07) is 9.51. The molecule has 2 rings (SSSR count). The van der Waals surface area contributed by atoms with E-state index in [4.69, 9.17) is 22.1 Å². The second kappa shape index (κ2) is 5.54. The van der Waals surface area contributed by atoms with Gasteiger partial charge in [-0.05, 0) is 36.6 Å².